The molecule has 4 nitrogen and oxygen atoms in total. The van der Waals surface area contributed by atoms with Crippen molar-refractivity contribution in [2.75, 3.05) is 5.73 Å². The molecular weight excluding hydrogens is 240 g/mol. The molecule has 0 spiro atoms. The van der Waals surface area contributed by atoms with E-state index in [4.69, 9.17) is 10.5 Å². The first kappa shape index (κ1) is 11.5. The van der Waals surface area contributed by atoms with Crippen LogP contribution in [0.2, 0.25) is 0 Å². The molecule has 0 unspecified atom stereocenters. The summed E-state index contributed by atoms with van der Waals surface area (Å²) in [5.74, 6) is 0.936. The van der Waals surface area contributed by atoms with Gasteiger partial charge in [0, 0.05) is 28.4 Å². The molecule has 0 aliphatic carbocycles. The maximum atomic E-state index is 9.21. The predicted molar refractivity (Wildman–Crippen MR) is 75.1 cm³/mol. The number of fused-ring (bicyclic) bond motifs is 1. The first-order valence-corrected chi connectivity index (χ1v) is 6.00. The zero-order valence-corrected chi connectivity index (χ0v) is 10.3. The molecule has 0 aliphatic rings. The van der Waals surface area contributed by atoms with Crippen molar-refractivity contribution in [1.29, 1.82) is 0 Å². The second kappa shape index (κ2) is 4.57. The fraction of sp³-hybridized carbons (Fsp3) is 0.0667. The number of rotatable bonds is 3. The summed E-state index contributed by atoms with van der Waals surface area (Å²) in [5.41, 5.74) is 8.74. The minimum atomic E-state index is 0.226. The van der Waals surface area contributed by atoms with Gasteiger partial charge in [0.1, 0.15) is 18.1 Å². The van der Waals surface area contributed by atoms with Crippen LogP contribution in [0.1, 0.15) is 5.56 Å². The molecule has 1 heterocycles. The Bertz CT molecular complexity index is 702. The Morgan fingerprint density at radius 1 is 1.11 bits per heavy atom. The molecule has 1 aromatic heterocycles. The Morgan fingerprint density at radius 3 is 2.68 bits per heavy atom. The number of hydrogen-bond donors (Lipinski definition) is 3. The van der Waals surface area contributed by atoms with E-state index in [0.717, 1.165) is 22.2 Å². The number of ether oxygens (including phenoxy) is 1. The second-order valence-electron chi connectivity index (χ2n) is 4.37. The van der Waals surface area contributed by atoms with Crippen molar-refractivity contribution in [3.8, 4) is 11.5 Å². The summed E-state index contributed by atoms with van der Waals surface area (Å²) in [7, 11) is 0. The molecule has 0 fully saturated rings. The molecule has 0 amide bonds. The molecular formula is C15H14N2O2. The van der Waals surface area contributed by atoms with Gasteiger partial charge in [-0.25, -0.2) is 0 Å². The fourth-order valence-electron chi connectivity index (χ4n) is 2.10. The molecule has 3 rings (SSSR count). The van der Waals surface area contributed by atoms with Crippen LogP contribution in [0.25, 0.3) is 10.9 Å². The average molecular weight is 254 g/mol. The van der Waals surface area contributed by atoms with Gasteiger partial charge in [0.15, 0.2) is 0 Å². The lowest BCUT2D eigenvalue weighted by molar-refractivity contribution is 0.307. The van der Waals surface area contributed by atoms with Crippen LogP contribution in [-0.4, -0.2) is 10.1 Å². The fourth-order valence-corrected chi connectivity index (χ4v) is 2.10. The predicted octanol–water partition coefficient (Wildman–Crippen LogP) is 3.03. The molecule has 0 aliphatic heterocycles. The topological polar surface area (TPSA) is 71.3 Å². The molecule has 4 heteroatoms. The van der Waals surface area contributed by atoms with Gasteiger partial charge in [-0.3, -0.25) is 0 Å². The largest absolute Gasteiger partial charge is 0.508 e. The number of aromatic hydroxyl groups is 1. The van der Waals surface area contributed by atoms with E-state index in [1.807, 2.05) is 24.4 Å². The second-order valence-corrected chi connectivity index (χ2v) is 4.37. The van der Waals surface area contributed by atoms with E-state index in [0.29, 0.717) is 12.4 Å². The minimum absolute atomic E-state index is 0.226. The van der Waals surface area contributed by atoms with Crippen LogP contribution >= 0.6 is 0 Å². The maximum absolute atomic E-state index is 9.21. The van der Waals surface area contributed by atoms with Crippen LogP contribution in [0.4, 0.5) is 5.69 Å². The van der Waals surface area contributed by atoms with Gasteiger partial charge in [-0.05, 0) is 36.4 Å². The van der Waals surface area contributed by atoms with E-state index in [2.05, 4.69) is 4.98 Å². The third kappa shape index (κ3) is 2.20. The Kier molecular flexibility index (Phi) is 2.76. The number of benzene rings is 2. The molecule has 0 radical (unpaired) electrons. The zero-order valence-electron chi connectivity index (χ0n) is 10.3. The van der Waals surface area contributed by atoms with Gasteiger partial charge in [-0.15, -0.1) is 0 Å². The Hall–Kier alpha value is -2.62. The van der Waals surface area contributed by atoms with Gasteiger partial charge in [0.2, 0.25) is 0 Å². The molecule has 0 saturated carbocycles. The Morgan fingerprint density at radius 2 is 1.89 bits per heavy atom. The summed E-state index contributed by atoms with van der Waals surface area (Å²) >= 11 is 0. The summed E-state index contributed by atoms with van der Waals surface area (Å²) in [5, 5.41) is 10.2. The SMILES string of the molecule is Nc1cccc2[nH]cc(COc3ccc(O)cc3)c12. The van der Waals surface area contributed by atoms with Crippen molar-refractivity contribution < 1.29 is 9.84 Å². The van der Waals surface area contributed by atoms with Crippen molar-refractivity contribution in [3.63, 3.8) is 0 Å². The summed E-state index contributed by atoms with van der Waals surface area (Å²) in [6.45, 7) is 0.430. The highest BCUT2D eigenvalue weighted by Gasteiger charge is 2.07. The van der Waals surface area contributed by atoms with Gasteiger partial charge in [0.05, 0.1) is 0 Å². The molecule has 3 aromatic rings. The number of nitrogen functional groups attached to an aromatic ring is 1. The number of nitrogens with one attached hydrogen (secondary N) is 1. The van der Waals surface area contributed by atoms with E-state index in [-0.39, 0.29) is 5.75 Å². The Labute approximate surface area is 110 Å². The van der Waals surface area contributed by atoms with Gasteiger partial charge in [-0.1, -0.05) is 6.07 Å². The standard InChI is InChI=1S/C15H14N2O2/c16-13-2-1-3-14-15(13)10(8-17-14)9-19-12-6-4-11(18)5-7-12/h1-8,17-18H,9,16H2. The molecule has 19 heavy (non-hydrogen) atoms. The third-order valence-electron chi connectivity index (χ3n) is 3.05. The van der Waals surface area contributed by atoms with E-state index in [1.54, 1.807) is 24.3 Å². The molecule has 0 bridgehead atoms. The monoisotopic (exact) mass is 254 g/mol. The van der Waals surface area contributed by atoms with Crippen LogP contribution in [0, 0.1) is 0 Å². The highest BCUT2D eigenvalue weighted by atomic mass is 16.5. The van der Waals surface area contributed by atoms with Crippen LogP contribution in [0.15, 0.2) is 48.7 Å². The molecule has 0 atom stereocenters. The first-order chi connectivity index (χ1) is 9.24. The molecule has 0 saturated heterocycles. The normalized spacial score (nSPS) is 10.7. The van der Waals surface area contributed by atoms with Crippen LogP contribution < -0.4 is 10.5 Å². The van der Waals surface area contributed by atoms with Crippen LogP contribution in [0.3, 0.4) is 0 Å². The summed E-state index contributed by atoms with van der Waals surface area (Å²) in [4.78, 5) is 3.17. The van der Waals surface area contributed by atoms with Gasteiger partial charge < -0.3 is 20.6 Å². The maximum Gasteiger partial charge on any atom is 0.120 e. The lowest BCUT2D eigenvalue weighted by atomic mass is 10.1. The van der Waals surface area contributed by atoms with Gasteiger partial charge in [0.25, 0.3) is 0 Å². The third-order valence-corrected chi connectivity index (χ3v) is 3.05. The van der Waals surface area contributed by atoms with E-state index in [1.165, 1.54) is 0 Å². The van der Waals surface area contributed by atoms with Gasteiger partial charge >= 0.3 is 0 Å². The Balaban J connectivity index is 1.84. The van der Waals surface area contributed by atoms with Crippen LogP contribution in [-0.2, 0) is 6.61 Å². The van der Waals surface area contributed by atoms with Crippen molar-refractivity contribution >= 4 is 16.6 Å². The number of H-pyrrole nitrogens is 1. The first-order valence-electron chi connectivity index (χ1n) is 6.00. The number of nitrogens with two attached hydrogens (primary N) is 1. The zero-order chi connectivity index (χ0) is 13.2. The summed E-state index contributed by atoms with van der Waals surface area (Å²) < 4.78 is 5.68. The quantitative estimate of drug-likeness (QED) is 0.629. The lowest BCUT2D eigenvalue weighted by Crippen LogP contribution is -1.95. The number of aromatic amines is 1. The molecule has 4 N–H and O–H groups in total. The van der Waals surface area contributed by atoms with Crippen LogP contribution in [0.5, 0.6) is 11.5 Å². The van der Waals surface area contributed by atoms with E-state index < -0.39 is 0 Å². The van der Waals surface area contributed by atoms with Crippen molar-refractivity contribution in [3.05, 3.63) is 54.2 Å². The van der Waals surface area contributed by atoms with Crippen molar-refractivity contribution in [2.45, 2.75) is 6.61 Å². The van der Waals surface area contributed by atoms with E-state index in [9.17, 15) is 5.11 Å². The average Bonchev–Trinajstić information content (AvgIpc) is 2.83. The number of phenols is 1. The number of phenolic OH excluding ortho intramolecular Hbond substituents is 1. The minimum Gasteiger partial charge on any atom is -0.508 e. The van der Waals surface area contributed by atoms with Gasteiger partial charge in [-0.2, -0.15) is 0 Å². The van der Waals surface area contributed by atoms with Crippen molar-refractivity contribution in [1.82, 2.24) is 4.98 Å². The molecule has 96 valence electrons. The summed E-state index contributed by atoms with van der Waals surface area (Å²) in [6.07, 6.45) is 1.90. The lowest BCUT2D eigenvalue weighted by Gasteiger charge is -2.06. The van der Waals surface area contributed by atoms with E-state index >= 15 is 0 Å². The highest BCUT2D eigenvalue weighted by Crippen LogP contribution is 2.26. The van der Waals surface area contributed by atoms with Crippen molar-refractivity contribution in [2.24, 2.45) is 0 Å². The smallest absolute Gasteiger partial charge is 0.120 e. The summed E-state index contributed by atoms with van der Waals surface area (Å²) in [6, 6.07) is 12.4. The number of aromatic nitrogens is 1. The highest BCUT2D eigenvalue weighted by molar-refractivity contribution is 5.93. The number of hydrogen-bond acceptors (Lipinski definition) is 3. The molecule has 2 aromatic carbocycles. The number of anilines is 1.